The number of Topliss-reactive ketones (excluding diaryl/α,β-unsaturated/α-hetero) is 1. The first-order valence-electron chi connectivity index (χ1n) is 8.51. The highest BCUT2D eigenvalue weighted by atomic mass is 16.5. The van der Waals surface area contributed by atoms with Gasteiger partial charge in [0.25, 0.3) is 0 Å². The third-order valence-electron chi connectivity index (χ3n) is 4.78. The molecule has 1 aliphatic heterocycles. The quantitative estimate of drug-likeness (QED) is 0.669. The van der Waals surface area contributed by atoms with Crippen LogP contribution in [0.15, 0.2) is 0 Å². The van der Waals surface area contributed by atoms with Gasteiger partial charge in [-0.1, -0.05) is 6.92 Å². The van der Waals surface area contributed by atoms with Gasteiger partial charge in [-0.25, -0.2) is 4.79 Å². The molecule has 0 saturated carbocycles. The van der Waals surface area contributed by atoms with Crippen molar-refractivity contribution in [3.05, 3.63) is 22.5 Å². The molecular formula is C18H28N2O3. The molecule has 5 heteroatoms. The lowest BCUT2D eigenvalue weighted by atomic mass is 9.97. The first kappa shape index (κ1) is 17.7. The molecular weight excluding hydrogens is 292 g/mol. The molecule has 2 atom stereocenters. The molecule has 2 rings (SSSR count). The van der Waals surface area contributed by atoms with Crippen molar-refractivity contribution in [3.8, 4) is 0 Å². The fourth-order valence-electron chi connectivity index (χ4n) is 3.46. The molecule has 1 aromatic rings. The molecule has 0 aromatic carbocycles. The topological polar surface area (TPSA) is 62.4 Å². The van der Waals surface area contributed by atoms with Crippen molar-refractivity contribution >= 4 is 11.8 Å². The zero-order valence-electron chi connectivity index (χ0n) is 14.9. The van der Waals surface area contributed by atoms with Gasteiger partial charge in [-0.05, 0) is 58.6 Å². The summed E-state index contributed by atoms with van der Waals surface area (Å²) in [6.07, 6.45) is 2.36. The number of piperidine rings is 1. The zero-order valence-corrected chi connectivity index (χ0v) is 14.9. The maximum absolute atomic E-state index is 12.9. The largest absolute Gasteiger partial charge is 0.462 e. The molecule has 1 N–H and O–H groups in total. The van der Waals surface area contributed by atoms with E-state index >= 15 is 0 Å². The van der Waals surface area contributed by atoms with E-state index in [0.717, 1.165) is 19.5 Å². The molecule has 1 saturated heterocycles. The second-order valence-electron chi connectivity index (χ2n) is 6.63. The van der Waals surface area contributed by atoms with Crippen LogP contribution in [0.1, 0.15) is 65.7 Å². The summed E-state index contributed by atoms with van der Waals surface area (Å²) in [6, 6.07) is -0.176. The van der Waals surface area contributed by atoms with Crippen LogP contribution in [-0.2, 0) is 4.74 Å². The zero-order chi connectivity index (χ0) is 17.1. The molecule has 0 aliphatic carbocycles. The molecule has 128 valence electrons. The summed E-state index contributed by atoms with van der Waals surface area (Å²) in [7, 11) is 0. The molecule has 2 heterocycles. The van der Waals surface area contributed by atoms with Crippen LogP contribution in [0.25, 0.3) is 0 Å². The van der Waals surface area contributed by atoms with Crippen molar-refractivity contribution in [3.63, 3.8) is 0 Å². The van der Waals surface area contributed by atoms with E-state index in [1.165, 1.54) is 6.42 Å². The smallest absolute Gasteiger partial charge is 0.340 e. The van der Waals surface area contributed by atoms with Crippen LogP contribution < -0.4 is 0 Å². The Balaban J connectivity index is 2.22. The number of esters is 1. The van der Waals surface area contributed by atoms with Gasteiger partial charge in [0, 0.05) is 12.2 Å². The number of H-pyrrole nitrogens is 1. The second-order valence-corrected chi connectivity index (χ2v) is 6.63. The second kappa shape index (κ2) is 7.30. The maximum Gasteiger partial charge on any atom is 0.340 e. The van der Waals surface area contributed by atoms with Gasteiger partial charge in [0.2, 0.25) is 0 Å². The van der Waals surface area contributed by atoms with Crippen molar-refractivity contribution in [2.24, 2.45) is 5.92 Å². The third kappa shape index (κ3) is 3.66. The van der Waals surface area contributed by atoms with E-state index in [1.54, 1.807) is 6.92 Å². The number of aromatic amines is 1. The maximum atomic E-state index is 12.9. The number of aromatic nitrogens is 1. The van der Waals surface area contributed by atoms with Gasteiger partial charge in [-0.2, -0.15) is 0 Å². The van der Waals surface area contributed by atoms with E-state index in [0.29, 0.717) is 35.0 Å². The van der Waals surface area contributed by atoms with Crippen LogP contribution in [-0.4, -0.2) is 47.4 Å². The summed E-state index contributed by atoms with van der Waals surface area (Å²) in [5, 5.41) is 0. The van der Waals surface area contributed by atoms with Crippen LogP contribution in [0.4, 0.5) is 0 Å². The number of ether oxygens (including phenoxy) is 1. The fourth-order valence-corrected chi connectivity index (χ4v) is 3.46. The number of nitrogens with one attached hydrogen (secondary N) is 1. The van der Waals surface area contributed by atoms with Gasteiger partial charge >= 0.3 is 5.97 Å². The van der Waals surface area contributed by atoms with Crippen LogP contribution in [0.5, 0.6) is 0 Å². The number of carbonyl (C=O) groups excluding carboxylic acids is 2. The molecule has 0 amide bonds. The normalized spacial score (nSPS) is 20.3. The molecule has 23 heavy (non-hydrogen) atoms. The molecule has 0 spiro atoms. The van der Waals surface area contributed by atoms with Gasteiger partial charge < -0.3 is 9.72 Å². The van der Waals surface area contributed by atoms with Crippen LogP contribution >= 0.6 is 0 Å². The average Bonchev–Trinajstić information content (AvgIpc) is 2.81. The lowest BCUT2D eigenvalue weighted by Gasteiger charge is -2.34. The van der Waals surface area contributed by atoms with E-state index < -0.39 is 0 Å². The minimum absolute atomic E-state index is 0.0512. The average molecular weight is 320 g/mol. The molecule has 1 aliphatic rings. The molecule has 1 fully saturated rings. The lowest BCUT2D eigenvalue weighted by Crippen LogP contribution is -2.44. The minimum atomic E-state index is -0.364. The predicted molar refractivity (Wildman–Crippen MR) is 90.0 cm³/mol. The summed E-state index contributed by atoms with van der Waals surface area (Å²) in [5.41, 5.74) is 2.43. The van der Waals surface area contributed by atoms with Crippen molar-refractivity contribution in [2.45, 2.75) is 53.5 Å². The lowest BCUT2D eigenvalue weighted by molar-refractivity contribution is 0.0525. The van der Waals surface area contributed by atoms with Crippen LogP contribution in [0.2, 0.25) is 0 Å². The Kier molecular flexibility index (Phi) is 5.63. The van der Waals surface area contributed by atoms with Gasteiger partial charge in [-0.15, -0.1) is 0 Å². The van der Waals surface area contributed by atoms with Crippen LogP contribution in [0, 0.1) is 19.8 Å². The number of ketones is 1. The summed E-state index contributed by atoms with van der Waals surface area (Å²) >= 11 is 0. The summed E-state index contributed by atoms with van der Waals surface area (Å²) < 4.78 is 5.09. The van der Waals surface area contributed by atoms with E-state index in [9.17, 15) is 9.59 Å². The van der Waals surface area contributed by atoms with E-state index in [4.69, 9.17) is 4.74 Å². The standard InChI is InChI=1S/C18H28N2O3/c1-6-23-18(22)15-12(3)16(19-13(15)4)17(21)14(5)20-9-7-8-11(2)10-20/h11,14,19H,6-10H2,1-5H3/t11-,14-/m0/s1. The number of likely N-dealkylation sites (tertiary alicyclic amines) is 1. The highest BCUT2D eigenvalue weighted by Gasteiger charge is 2.30. The Morgan fingerprint density at radius 2 is 2.09 bits per heavy atom. The van der Waals surface area contributed by atoms with Gasteiger partial charge in [0.05, 0.1) is 23.9 Å². The van der Waals surface area contributed by atoms with E-state index in [-0.39, 0.29) is 17.8 Å². The number of nitrogens with zero attached hydrogens (tertiary/aromatic N) is 1. The Morgan fingerprint density at radius 3 is 2.70 bits per heavy atom. The SMILES string of the molecule is CCOC(=O)c1c(C)[nH]c(C(=O)[C@H](C)N2CCC[C@H](C)C2)c1C. The Labute approximate surface area is 138 Å². The van der Waals surface area contributed by atoms with E-state index in [2.05, 4.69) is 16.8 Å². The summed E-state index contributed by atoms with van der Waals surface area (Å²) in [4.78, 5) is 30.3. The van der Waals surface area contributed by atoms with Crippen molar-refractivity contribution in [1.82, 2.24) is 9.88 Å². The minimum Gasteiger partial charge on any atom is -0.462 e. The third-order valence-corrected chi connectivity index (χ3v) is 4.78. The monoisotopic (exact) mass is 320 g/mol. The van der Waals surface area contributed by atoms with Gasteiger partial charge in [0.15, 0.2) is 5.78 Å². The highest BCUT2D eigenvalue weighted by molar-refractivity contribution is 6.03. The number of hydrogen-bond donors (Lipinski definition) is 1. The molecule has 0 bridgehead atoms. The first-order valence-corrected chi connectivity index (χ1v) is 8.51. The molecule has 0 radical (unpaired) electrons. The van der Waals surface area contributed by atoms with Crippen LogP contribution in [0.3, 0.4) is 0 Å². The van der Waals surface area contributed by atoms with Crippen molar-refractivity contribution in [2.75, 3.05) is 19.7 Å². The fraction of sp³-hybridized carbons (Fsp3) is 0.667. The number of rotatable bonds is 5. The number of aryl methyl sites for hydroxylation is 1. The summed E-state index contributed by atoms with van der Waals surface area (Å²) in [5.74, 6) is 0.313. The Morgan fingerprint density at radius 1 is 1.39 bits per heavy atom. The number of hydrogen-bond acceptors (Lipinski definition) is 4. The highest BCUT2D eigenvalue weighted by Crippen LogP contribution is 2.23. The first-order chi connectivity index (χ1) is 10.9. The Hall–Kier alpha value is -1.62. The van der Waals surface area contributed by atoms with Gasteiger partial charge in [0.1, 0.15) is 0 Å². The molecule has 5 nitrogen and oxygen atoms in total. The summed E-state index contributed by atoms with van der Waals surface area (Å²) in [6.45, 7) is 11.8. The van der Waals surface area contributed by atoms with Crippen molar-refractivity contribution < 1.29 is 14.3 Å². The molecule has 1 aromatic heterocycles. The van der Waals surface area contributed by atoms with Crippen molar-refractivity contribution in [1.29, 1.82) is 0 Å². The van der Waals surface area contributed by atoms with Gasteiger partial charge in [-0.3, -0.25) is 9.69 Å². The predicted octanol–water partition coefficient (Wildman–Crippen LogP) is 3.11. The van der Waals surface area contributed by atoms with E-state index in [1.807, 2.05) is 20.8 Å². The number of carbonyl (C=O) groups is 2. The molecule has 0 unspecified atom stereocenters. The Bertz CT molecular complexity index is 591.